The maximum absolute atomic E-state index is 12.2. The normalized spacial score (nSPS) is 11.8. The summed E-state index contributed by atoms with van der Waals surface area (Å²) >= 11 is 0. The summed E-state index contributed by atoms with van der Waals surface area (Å²) in [5.41, 5.74) is 0.0291. The number of benzene rings is 2. The Morgan fingerprint density at radius 2 is 1.45 bits per heavy atom. The van der Waals surface area contributed by atoms with Crippen LogP contribution in [0.5, 0.6) is 0 Å². The van der Waals surface area contributed by atoms with Crippen LogP contribution in [0.2, 0.25) is 0 Å². The lowest BCUT2D eigenvalue weighted by Crippen LogP contribution is -1.98. The van der Waals surface area contributed by atoms with E-state index in [0.29, 0.717) is 9.79 Å². The molecule has 0 spiro atoms. The zero-order chi connectivity index (χ0) is 14.7. The van der Waals surface area contributed by atoms with Crippen LogP contribution in [-0.2, 0) is 10.8 Å². The van der Waals surface area contributed by atoms with E-state index in [-0.39, 0.29) is 11.3 Å². The van der Waals surface area contributed by atoms with Gasteiger partial charge in [-0.3, -0.25) is 10.1 Å². The van der Waals surface area contributed by atoms with E-state index in [1.165, 1.54) is 48.5 Å². The lowest BCUT2D eigenvalue weighted by atomic mass is 10.2. The lowest BCUT2D eigenvalue weighted by molar-refractivity contribution is -0.384. The van der Waals surface area contributed by atoms with Crippen LogP contribution >= 0.6 is 0 Å². The highest BCUT2D eigenvalue weighted by molar-refractivity contribution is 7.85. The Balaban J connectivity index is 2.26. The third-order valence-electron chi connectivity index (χ3n) is 2.58. The Labute approximate surface area is 116 Å². The molecule has 0 saturated heterocycles. The van der Waals surface area contributed by atoms with Gasteiger partial charge in [-0.05, 0) is 36.4 Å². The van der Waals surface area contributed by atoms with Gasteiger partial charge in [0, 0.05) is 21.9 Å². The van der Waals surface area contributed by atoms with Gasteiger partial charge < -0.3 is 5.11 Å². The first-order valence-corrected chi connectivity index (χ1v) is 6.63. The fourth-order valence-corrected chi connectivity index (χ4v) is 2.59. The molecule has 2 aromatic rings. The van der Waals surface area contributed by atoms with E-state index in [1.54, 1.807) is 0 Å². The lowest BCUT2D eigenvalue weighted by Gasteiger charge is -2.02. The number of nitro benzene ring substituents is 1. The fraction of sp³-hybridized carbons (Fsp3) is 0. The van der Waals surface area contributed by atoms with Crippen LogP contribution in [-0.4, -0.2) is 20.2 Å². The van der Waals surface area contributed by atoms with Crippen LogP contribution in [0.1, 0.15) is 10.4 Å². The summed E-state index contributed by atoms with van der Waals surface area (Å²) < 4.78 is 12.2. The summed E-state index contributed by atoms with van der Waals surface area (Å²) in [6.07, 6.45) is 0. The first kappa shape index (κ1) is 13.9. The van der Waals surface area contributed by atoms with Crippen molar-refractivity contribution in [2.75, 3.05) is 0 Å². The third kappa shape index (κ3) is 2.89. The Bertz CT molecular complexity index is 619. The number of carbonyl (C=O) groups is 1. The SMILES string of the molecule is O=C(O)c1ccc(S(=O)c2ccc([N+](=O)[O-])cc2)cc1. The van der Waals surface area contributed by atoms with Crippen LogP contribution in [0.3, 0.4) is 0 Å². The minimum Gasteiger partial charge on any atom is -0.478 e. The molecule has 0 saturated carbocycles. The number of hydrogen-bond donors (Lipinski definition) is 1. The van der Waals surface area contributed by atoms with E-state index in [0.717, 1.165) is 0 Å². The van der Waals surface area contributed by atoms with Gasteiger partial charge in [0.05, 0.1) is 21.3 Å². The molecule has 0 amide bonds. The largest absolute Gasteiger partial charge is 0.478 e. The van der Waals surface area contributed by atoms with Gasteiger partial charge in [-0.25, -0.2) is 9.00 Å². The van der Waals surface area contributed by atoms with Crippen LogP contribution in [0.15, 0.2) is 58.3 Å². The smallest absolute Gasteiger partial charge is 0.335 e. The van der Waals surface area contributed by atoms with Gasteiger partial charge in [0.15, 0.2) is 0 Å². The van der Waals surface area contributed by atoms with Crippen molar-refractivity contribution in [2.24, 2.45) is 0 Å². The summed E-state index contributed by atoms with van der Waals surface area (Å²) in [4.78, 5) is 21.6. The fourth-order valence-electron chi connectivity index (χ4n) is 1.55. The van der Waals surface area contributed by atoms with Gasteiger partial charge in [0.25, 0.3) is 5.69 Å². The Morgan fingerprint density at radius 1 is 1.00 bits per heavy atom. The summed E-state index contributed by atoms with van der Waals surface area (Å²) in [5, 5.41) is 19.3. The summed E-state index contributed by atoms with van der Waals surface area (Å²) in [6, 6.07) is 11.0. The molecule has 1 atom stereocenters. The monoisotopic (exact) mass is 291 g/mol. The molecule has 20 heavy (non-hydrogen) atoms. The van der Waals surface area contributed by atoms with Gasteiger partial charge in [0.1, 0.15) is 0 Å². The molecule has 2 rings (SSSR count). The molecule has 0 aromatic heterocycles. The van der Waals surface area contributed by atoms with Crippen molar-refractivity contribution in [1.82, 2.24) is 0 Å². The maximum atomic E-state index is 12.2. The zero-order valence-corrected chi connectivity index (χ0v) is 10.9. The predicted octanol–water partition coefficient (Wildman–Crippen LogP) is 2.46. The molecule has 6 nitrogen and oxygen atoms in total. The Hall–Kier alpha value is -2.54. The molecular weight excluding hydrogens is 282 g/mol. The second-order valence-electron chi connectivity index (χ2n) is 3.85. The van der Waals surface area contributed by atoms with Crippen LogP contribution in [0.4, 0.5) is 5.69 Å². The molecule has 1 N–H and O–H groups in total. The molecule has 0 radical (unpaired) electrons. The zero-order valence-electron chi connectivity index (χ0n) is 10.1. The topological polar surface area (TPSA) is 97.5 Å². The third-order valence-corrected chi connectivity index (χ3v) is 3.98. The number of nitro groups is 1. The van der Waals surface area contributed by atoms with Crippen molar-refractivity contribution in [3.8, 4) is 0 Å². The number of carboxylic acid groups (broad SMARTS) is 1. The molecule has 0 heterocycles. The highest BCUT2D eigenvalue weighted by Crippen LogP contribution is 2.20. The number of aromatic carboxylic acids is 1. The molecule has 0 aliphatic carbocycles. The molecule has 0 bridgehead atoms. The van der Waals surface area contributed by atoms with Crippen molar-refractivity contribution >= 4 is 22.5 Å². The van der Waals surface area contributed by atoms with Crippen molar-refractivity contribution in [3.05, 3.63) is 64.2 Å². The minimum atomic E-state index is -1.51. The number of rotatable bonds is 4. The molecule has 1 unspecified atom stereocenters. The second kappa shape index (κ2) is 5.62. The van der Waals surface area contributed by atoms with Gasteiger partial charge in [0.2, 0.25) is 0 Å². The second-order valence-corrected chi connectivity index (χ2v) is 5.33. The minimum absolute atomic E-state index is 0.0769. The molecule has 2 aromatic carbocycles. The van der Waals surface area contributed by atoms with Crippen molar-refractivity contribution < 1.29 is 19.0 Å². The Morgan fingerprint density at radius 3 is 1.85 bits per heavy atom. The van der Waals surface area contributed by atoms with E-state index >= 15 is 0 Å². The highest BCUT2D eigenvalue weighted by atomic mass is 32.2. The number of non-ortho nitro benzene ring substituents is 1. The molecule has 0 fully saturated rings. The first-order valence-electron chi connectivity index (χ1n) is 5.48. The predicted molar refractivity (Wildman–Crippen MR) is 71.2 cm³/mol. The Kier molecular flexibility index (Phi) is 3.90. The number of nitrogens with zero attached hydrogens (tertiary/aromatic N) is 1. The summed E-state index contributed by atoms with van der Waals surface area (Å²) in [7, 11) is -1.51. The van der Waals surface area contributed by atoms with E-state index in [2.05, 4.69) is 0 Å². The molecule has 102 valence electrons. The quantitative estimate of drug-likeness (QED) is 0.689. The first-order chi connectivity index (χ1) is 9.49. The van der Waals surface area contributed by atoms with Crippen molar-refractivity contribution in [3.63, 3.8) is 0 Å². The van der Waals surface area contributed by atoms with Gasteiger partial charge in [-0.15, -0.1) is 0 Å². The number of carboxylic acids is 1. The average molecular weight is 291 g/mol. The molecule has 7 heteroatoms. The molecule has 0 aliphatic rings. The standard InChI is InChI=1S/C13H9NO5S/c15-13(16)9-1-5-11(6-2-9)20(19)12-7-3-10(4-8-12)14(17)18/h1-8H,(H,15,16). The molecular formula is C13H9NO5S. The van der Waals surface area contributed by atoms with Crippen LogP contribution < -0.4 is 0 Å². The van der Waals surface area contributed by atoms with E-state index < -0.39 is 21.7 Å². The van der Waals surface area contributed by atoms with E-state index in [4.69, 9.17) is 5.11 Å². The van der Waals surface area contributed by atoms with Gasteiger partial charge >= 0.3 is 5.97 Å². The van der Waals surface area contributed by atoms with E-state index in [9.17, 15) is 19.1 Å². The van der Waals surface area contributed by atoms with Crippen LogP contribution in [0, 0.1) is 10.1 Å². The van der Waals surface area contributed by atoms with Gasteiger partial charge in [-0.2, -0.15) is 0 Å². The average Bonchev–Trinajstić information content (AvgIpc) is 2.46. The summed E-state index contributed by atoms with van der Waals surface area (Å²) in [6.45, 7) is 0. The maximum Gasteiger partial charge on any atom is 0.335 e. The van der Waals surface area contributed by atoms with Gasteiger partial charge in [-0.1, -0.05) is 0 Å². The van der Waals surface area contributed by atoms with Crippen molar-refractivity contribution in [2.45, 2.75) is 9.79 Å². The highest BCUT2D eigenvalue weighted by Gasteiger charge is 2.11. The van der Waals surface area contributed by atoms with E-state index in [1.807, 2.05) is 0 Å². The summed E-state index contributed by atoms with van der Waals surface area (Å²) in [5.74, 6) is -1.06. The van der Waals surface area contributed by atoms with Crippen molar-refractivity contribution in [1.29, 1.82) is 0 Å². The number of hydrogen-bond acceptors (Lipinski definition) is 4. The molecule has 0 aliphatic heterocycles. The van der Waals surface area contributed by atoms with Crippen LogP contribution in [0.25, 0.3) is 0 Å².